The zero-order chi connectivity index (χ0) is 19.0. The highest BCUT2D eigenvalue weighted by Gasteiger charge is 2.30. The normalized spacial score (nSPS) is 11.7. The van der Waals surface area contributed by atoms with Crippen molar-refractivity contribution in [3.63, 3.8) is 0 Å². The summed E-state index contributed by atoms with van der Waals surface area (Å²) in [5.74, 6) is 0.517. The molecule has 0 heterocycles. The van der Waals surface area contributed by atoms with Gasteiger partial charge in [-0.05, 0) is 28.8 Å². The third-order valence-corrected chi connectivity index (χ3v) is 3.73. The molecule has 0 radical (unpaired) electrons. The summed E-state index contributed by atoms with van der Waals surface area (Å²) in [7, 11) is 3.26. The molecule has 0 fully saturated rings. The number of benzene rings is 2. The monoisotopic (exact) mass is 493 g/mol. The molecule has 0 atom stereocenters. The molecular weight excluding hydrogens is 470 g/mol. The van der Waals surface area contributed by atoms with Gasteiger partial charge in [0.1, 0.15) is 0 Å². The molecule has 0 amide bonds. The van der Waals surface area contributed by atoms with Gasteiger partial charge in [-0.1, -0.05) is 36.4 Å². The smallest absolute Gasteiger partial charge is 0.380 e. The first-order valence-corrected chi connectivity index (χ1v) is 8.10. The van der Waals surface area contributed by atoms with Crippen LogP contribution in [0.5, 0.6) is 0 Å². The molecule has 2 N–H and O–H groups in total. The Kier molecular flexibility index (Phi) is 9.57. The van der Waals surface area contributed by atoms with Crippen LogP contribution in [0.1, 0.15) is 22.3 Å². The highest BCUT2D eigenvalue weighted by molar-refractivity contribution is 14.0. The molecule has 4 nitrogen and oxygen atoms in total. The number of alkyl halides is 3. The van der Waals surface area contributed by atoms with Gasteiger partial charge >= 0.3 is 6.18 Å². The molecule has 0 unspecified atom stereocenters. The van der Waals surface area contributed by atoms with Crippen LogP contribution in [0.4, 0.5) is 13.2 Å². The van der Waals surface area contributed by atoms with E-state index in [2.05, 4.69) is 15.6 Å². The quantitative estimate of drug-likeness (QED) is 0.358. The third kappa shape index (κ3) is 7.76. The molecule has 0 aliphatic carbocycles. The topological polar surface area (TPSA) is 45.7 Å². The summed E-state index contributed by atoms with van der Waals surface area (Å²) in [4.78, 5) is 4.09. The largest absolute Gasteiger partial charge is 0.416 e. The van der Waals surface area contributed by atoms with Gasteiger partial charge in [0.05, 0.1) is 12.2 Å². The van der Waals surface area contributed by atoms with Crippen molar-refractivity contribution in [1.82, 2.24) is 10.6 Å². The molecule has 0 spiro atoms. The number of hydrogen-bond acceptors (Lipinski definition) is 2. The van der Waals surface area contributed by atoms with E-state index in [-0.39, 0.29) is 30.5 Å². The van der Waals surface area contributed by atoms with E-state index in [1.54, 1.807) is 20.2 Å². The van der Waals surface area contributed by atoms with Crippen molar-refractivity contribution >= 4 is 29.9 Å². The van der Waals surface area contributed by atoms with Gasteiger partial charge in [0.15, 0.2) is 5.96 Å². The fourth-order valence-electron chi connectivity index (χ4n) is 2.37. The van der Waals surface area contributed by atoms with E-state index in [0.29, 0.717) is 24.7 Å². The first-order chi connectivity index (χ1) is 12.4. The molecule has 27 heavy (non-hydrogen) atoms. The molecule has 0 saturated carbocycles. The maximum Gasteiger partial charge on any atom is 0.416 e. The van der Waals surface area contributed by atoms with Crippen LogP contribution in [0.25, 0.3) is 0 Å². The molecule has 0 aliphatic rings. The molecule has 148 valence electrons. The van der Waals surface area contributed by atoms with Gasteiger partial charge in [0, 0.05) is 27.2 Å². The number of nitrogens with one attached hydrogen (secondary N) is 2. The number of guanidine groups is 1. The number of aliphatic imine (C=N–C) groups is 1. The van der Waals surface area contributed by atoms with Gasteiger partial charge in [-0.25, -0.2) is 0 Å². The molecule has 0 aliphatic heterocycles. The number of nitrogens with zero attached hydrogens (tertiary/aromatic N) is 1. The summed E-state index contributed by atoms with van der Waals surface area (Å²) in [6, 6.07) is 13.2. The van der Waals surface area contributed by atoms with E-state index >= 15 is 0 Å². The number of methoxy groups -OCH3 is 1. The SMILES string of the molecule is CN=C(NCc1ccc(COC)cc1)NCc1cccc(C(F)(F)F)c1.I. The van der Waals surface area contributed by atoms with Gasteiger partial charge in [-0.3, -0.25) is 4.99 Å². The van der Waals surface area contributed by atoms with Gasteiger partial charge in [0.25, 0.3) is 0 Å². The second-order valence-electron chi connectivity index (χ2n) is 5.73. The Bertz CT molecular complexity index is 734. The molecule has 2 aromatic rings. The summed E-state index contributed by atoms with van der Waals surface area (Å²) in [6.07, 6.45) is -4.34. The minimum absolute atomic E-state index is 0. The number of hydrogen-bond donors (Lipinski definition) is 2. The molecule has 0 saturated heterocycles. The van der Waals surface area contributed by atoms with E-state index in [1.165, 1.54) is 6.07 Å². The Hall–Kier alpha value is -1.81. The fraction of sp³-hybridized carbons (Fsp3) is 0.316. The van der Waals surface area contributed by atoms with Crippen molar-refractivity contribution in [3.8, 4) is 0 Å². The standard InChI is InChI=1S/C19H22F3N3O.HI/c1-23-18(24-11-14-6-8-15(9-7-14)13-26-2)25-12-16-4-3-5-17(10-16)19(20,21)22;/h3-10H,11-13H2,1-2H3,(H2,23,24,25);1H. The first kappa shape index (κ1) is 23.2. The van der Waals surface area contributed by atoms with E-state index in [9.17, 15) is 13.2 Å². The lowest BCUT2D eigenvalue weighted by molar-refractivity contribution is -0.137. The average Bonchev–Trinajstić information content (AvgIpc) is 2.63. The van der Waals surface area contributed by atoms with Gasteiger partial charge in [-0.15, -0.1) is 24.0 Å². The Morgan fingerprint density at radius 2 is 1.56 bits per heavy atom. The van der Waals surface area contributed by atoms with Crippen molar-refractivity contribution in [2.75, 3.05) is 14.2 Å². The number of halogens is 4. The van der Waals surface area contributed by atoms with E-state index in [1.807, 2.05) is 24.3 Å². The van der Waals surface area contributed by atoms with Crippen LogP contribution in [-0.4, -0.2) is 20.1 Å². The van der Waals surface area contributed by atoms with Crippen LogP contribution in [0, 0.1) is 0 Å². The Morgan fingerprint density at radius 1 is 0.963 bits per heavy atom. The number of ether oxygens (including phenoxy) is 1. The highest BCUT2D eigenvalue weighted by Crippen LogP contribution is 2.29. The maximum absolute atomic E-state index is 12.8. The Balaban J connectivity index is 0.00000364. The van der Waals surface area contributed by atoms with Gasteiger partial charge in [0.2, 0.25) is 0 Å². The van der Waals surface area contributed by atoms with Crippen molar-refractivity contribution in [2.24, 2.45) is 4.99 Å². The maximum atomic E-state index is 12.8. The Labute approximate surface area is 174 Å². The number of rotatable bonds is 6. The summed E-state index contributed by atoms with van der Waals surface area (Å²) >= 11 is 0. The average molecular weight is 493 g/mol. The highest BCUT2D eigenvalue weighted by atomic mass is 127. The molecule has 2 rings (SSSR count). The predicted molar refractivity (Wildman–Crippen MR) is 111 cm³/mol. The predicted octanol–water partition coefficient (Wildman–Crippen LogP) is 4.34. The van der Waals surface area contributed by atoms with Crippen molar-refractivity contribution in [2.45, 2.75) is 25.9 Å². The lowest BCUT2D eigenvalue weighted by Crippen LogP contribution is -2.36. The summed E-state index contributed by atoms with van der Waals surface area (Å²) in [5, 5.41) is 6.16. The molecule has 2 aromatic carbocycles. The zero-order valence-corrected chi connectivity index (χ0v) is 17.5. The van der Waals surface area contributed by atoms with E-state index in [0.717, 1.165) is 23.3 Å². The first-order valence-electron chi connectivity index (χ1n) is 8.10. The van der Waals surface area contributed by atoms with Crippen LogP contribution < -0.4 is 10.6 Å². The van der Waals surface area contributed by atoms with Crippen LogP contribution >= 0.6 is 24.0 Å². The minimum Gasteiger partial charge on any atom is -0.380 e. The van der Waals surface area contributed by atoms with Gasteiger partial charge in [-0.2, -0.15) is 13.2 Å². The summed E-state index contributed by atoms with van der Waals surface area (Å²) in [5.41, 5.74) is 2.03. The summed E-state index contributed by atoms with van der Waals surface area (Å²) < 4.78 is 43.3. The van der Waals surface area contributed by atoms with Crippen LogP contribution in [-0.2, 0) is 30.6 Å². The van der Waals surface area contributed by atoms with E-state index < -0.39 is 11.7 Å². The molecule has 0 bridgehead atoms. The third-order valence-electron chi connectivity index (χ3n) is 3.73. The van der Waals surface area contributed by atoms with Crippen molar-refractivity contribution < 1.29 is 17.9 Å². The van der Waals surface area contributed by atoms with Crippen LogP contribution in [0.15, 0.2) is 53.5 Å². The molecule has 0 aromatic heterocycles. The second-order valence-corrected chi connectivity index (χ2v) is 5.73. The van der Waals surface area contributed by atoms with Gasteiger partial charge < -0.3 is 15.4 Å². The second kappa shape index (κ2) is 11.1. The minimum atomic E-state index is -4.34. The van der Waals surface area contributed by atoms with Crippen molar-refractivity contribution in [1.29, 1.82) is 0 Å². The molecular formula is C19H23F3IN3O. The lowest BCUT2D eigenvalue weighted by Gasteiger charge is -2.13. The fourth-order valence-corrected chi connectivity index (χ4v) is 2.37. The molecule has 8 heteroatoms. The Morgan fingerprint density at radius 3 is 2.11 bits per heavy atom. The van der Waals surface area contributed by atoms with E-state index in [4.69, 9.17) is 4.74 Å². The van der Waals surface area contributed by atoms with Crippen molar-refractivity contribution in [3.05, 3.63) is 70.8 Å². The summed E-state index contributed by atoms with van der Waals surface area (Å²) in [6.45, 7) is 1.36. The lowest BCUT2D eigenvalue weighted by atomic mass is 10.1. The van der Waals surface area contributed by atoms with Crippen LogP contribution in [0.2, 0.25) is 0 Å². The zero-order valence-electron chi connectivity index (χ0n) is 15.1. The van der Waals surface area contributed by atoms with Crippen LogP contribution in [0.3, 0.4) is 0 Å².